The molecule has 35 heavy (non-hydrogen) atoms. The lowest BCUT2D eigenvalue weighted by atomic mass is 10.00. The lowest BCUT2D eigenvalue weighted by molar-refractivity contribution is -0.268. The van der Waals surface area contributed by atoms with Crippen LogP contribution in [-0.4, -0.2) is 78.7 Å². The predicted molar refractivity (Wildman–Crippen MR) is 116 cm³/mol. The molecule has 0 radical (unpaired) electrons. The van der Waals surface area contributed by atoms with Crippen LogP contribution in [0.2, 0.25) is 0 Å². The van der Waals surface area contributed by atoms with Crippen molar-refractivity contribution in [2.75, 3.05) is 7.11 Å². The molecule has 0 bridgehead atoms. The molecular weight excluding hydrogens is 472 g/mol. The van der Waals surface area contributed by atoms with Crippen molar-refractivity contribution >= 4 is 11.0 Å². The highest BCUT2D eigenvalue weighted by molar-refractivity contribution is 5.93. The Morgan fingerprint density at radius 3 is 2.09 bits per heavy atom. The van der Waals surface area contributed by atoms with Crippen molar-refractivity contribution in [3.05, 3.63) is 28.4 Å². The molecule has 0 aliphatic carbocycles. The van der Waals surface area contributed by atoms with Crippen LogP contribution in [0.15, 0.2) is 27.4 Å². The monoisotopic (exact) mass is 494 g/mol. The molecule has 2 aromatic carbocycles. The second-order valence-corrected chi connectivity index (χ2v) is 7.90. The van der Waals surface area contributed by atoms with E-state index < -0.39 is 87.4 Å². The molecule has 13 heteroatoms. The first-order valence-corrected chi connectivity index (χ1v) is 10.2. The van der Waals surface area contributed by atoms with E-state index in [1.165, 1.54) is 14.0 Å². The molecule has 1 aliphatic rings. The van der Waals surface area contributed by atoms with Gasteiger partial charge in [-0.2, -0.15) is 0 Å². The lowest BCUT2D eigenvalue weighted by Gasteiger charge is -2.38. The van der Waals surface area contributed by atoms with Crippen molar-refractivity contribution in [1.82, 2.24) is 0 Å². The maximum Gasteiger partial charge on any atom is 0.239 e. The van der Waals surface area contributed by atoms with Crippen molar-refractivity contribution in [2.24, 2.45) is 0 Å². The molecule has 13 nitrogen and oxygen atoms in total. The third-order valence-corrected chi connectivity index (χ3v) is 5.64. The minimum Gasteiger partial charge on any atom is -0.507 e. The first-order valence-electron chi connectivity index (χ1n) is 10.2. The quantitative estimate of drug-likeness (QED) is 0.180. The highest BCUT2D eigenvalue weighted by atomic mass is 16.7. The van der Waals surface area contributed by atoms with Crippen molar-refractivity contribution in [3.63, 3.8) is 0 Å². The second-order valence-electron chi connectivity index (χ2n) is 7.90. The largest absolute Gasteiger partial charge is 0.507 e. The first-order chi connectivity index (χ1) is 16.5. The van der Waals surface area contributed by atoms with Gasteiger partial charge < -0.3 is 59.5 Å². The second kappa shape index (κ2) is 8.70. The summed E-state index contributed by atoms with van der Waals surface area (Å²) >= 11 is 0. The van der Waals surface area contributed by atoms with Crippen molar-refractivity contribution in [1.29, 1.82) is 0 Å². The number of aliphatic hydroxyl groups is 3. The van der Waals surface area contributed by atoms with Crippen LogP contribution in [0, 0.1) is 0 Å². The van der Waals surface area contributed by atoms with Crippen LogP contribution < -0.4 is 14.9 Å². The van der Waals surface area contributed by atoms with Crippen molar-refractivity contribution in [2.45, 2.75) is 37.6 Å². The SMILES string of the molecule is COc1cc(O)c2c(=O)c(O[C@@H]3O[C@@H](C)[C@H](O)[C@@H](O)[C@H]3O)c(-c3cc(O)c(O)c(O)c3)oc2c1O. The van der Waals surface area contributed by atoms with Gasteiger partial charge in [0.25, 0.3) is 0 Å². The highest BCUT2D eigenvalue weighted by Gasteiger charge is 2.44. The van der Waals surface area contributed by atoms with E-state index in [2.05, 4.69) is 0 Å². The molecule has 3 aromatic rings. The number of methoxy groups -OCH3 is 1. The molecular formula is C22H22O13. The smallest absolute Gasteiger partial charge is 0.239 e. The summed E-state index contributed by atoms with van der Waals surface area (Å²) in [5, 5.41) is 80.3. The third kappa shape index (κ3) is 3.89. The normalized spacial score (nSPS) is 24.4. The summed E-state index contributed by atoms with van der Waals surface area (Å²) in [7, 11) is 1.19. The number of phenols is 5. The van der Waals surface area contributed by atoms with E-state index in [0.717, 1.165) is 18.2 Å². The number of ether oxygens (including phenoxy) is 3. The maximum absolute atomic E-state index is 13.4. The molecule has 5 atom stereocenters. The van der Waals surface area contributed by atoms with E-state index in [0.29, 0.717) is 0 Å². The van der Waals surface area contributed by atoms with Crippen LogP contribution in [0.25, 0.3) is 22.3 Å². The summed E-state index contributed by atoms with van der Waals surface area (Å²) in [6, 6.07) is 2.76. The lowest BCUT2D eigenvalue weighted by Crippen LogP contribution is -2.58. The van der Waals surface area contributed by atoms with Gasteiger partial charge in [0, 0.05) is 11.6 Å². The summed E-state index contributed by atoms with van der Waals surface area (Å²) in [5.41, 5.74) is -1.85. The fraction of sp³-hybridized carbons (Fsp3) is 0.318. The Bertz CT molecular complexity index is 1320. The molecule has 188 valence electrons. The summed E-state index contributed by atoms with van der Waals surface area (Å²) in [4.78, 5) is 13.4. The molecule has 4 rings (SSSR count). The topological polar surface area (TPSA) is 220 Å². The van der Waals surface area contributed by atoms with Crippen molar-refractivity contribution in [3.8, 4) is 51.6 Å². The minimum absolute atomic E-state index is 0.229. The zero-order valence-electron chi connectivity index (χ0n) is 18.2. The molecule has 0 unspecified atom stereocenters. The van der Waals surface area contributed by atoms with E-state index in [1.807, 2.05) is 0 Å². The zero-order chi connectivity index (χ0) is 25.8. The molecule has 0 amide bonds. The standard InChI is InChI=1S/C22H22O13/c1-6-13(26)17(30)18(31)22(33-6)35-21-16(29)12-8(23)5-11(32-2)15(28)20(12)34-19(21)7-3-9(24)14(27)10(25)4-7/h3-6,13,17-18,22-28,30-31H,1-2H3/t6-,13-,17+,18+,22-/m0/s1. The average molecular weight is 494 g/mol. The number of hydrogen-bond acceptors (Lipinski definition) is 13. The molecule has 8 N–H and O–H groups in total. The van der Waals surface area contributed by atoms with Gasteiger partial charge in [0.05, 0.1) is 13.2 Å². The summed E-state index contributed by atoms with van der Waals surface area (Å²) in [6.07, 6.45) is -7.74. The van der Waals surface area contributed by atoms with Crippen LogP contribution in [0.4, 0.5) is 0 Å². The van der Waals surface area contributed by atoms with Gasteiger partial charge in [0.2, 0.25) is 23.2 Å². The number of rotatable bonds is 4. The minimum atomic E-state index is -1.83. The Morgan fingerprint density at radius 1 is 0.857 bits per heavy atom. The Balaban J connectivity index is 2.00. The van der Waals surface area contributed by atoms with Gasteiger partial charge in [0.1, 0.15) is 29.4 Å². The van der Waals surface area contributed by atoms with E-state index in [-0.39, 0.29) is 11.3 Å². The Morgan fingerprint density at radius 2 is 1.49 bits per heavy atom. The van der Waals surface area contributed by atoms with Gasteiger partial charge in [-0.25, -0.2) is 0 Å². The van der Waals surface area contributed by atoms with E-state index in [4.69, 9.17) is 18.6 Å². The van der Waals surface area contributed by atoms with Gasteiger partial charge in [0.15, 0.2) is 34.3 Å². The first kappa shape index (κ1) is 24.2. The van der Waals surface area contributed by atoms with Gasteiger partial charge in [-0.05, 0) is 19.1 Å². The molecule has 0 spiro atoms. The fourth-order valence-electron chi connectivity index (χ4n) is 3.71. The Hall–Kier alpha value is -3.91. The van der Waals surface area contributed by atoms with Crippen LogP contribution in [-0.2, 0) is 4.74 Å². The zero-order valence-corrected chi connectivity index (χ0v) is 18.2. The number of hydrogen-bond donors (Lipinski definition) is 8. The maximum atomic E-state index is 13.4. The van der Waals surface area contributed by atoms with Gasteiger partial charge in [-0.3, -0.25) is 4.79 Å². The van der Waals surface area contributed by atoms with Crippen LogP contribution >= 0.6 is 0 Å². The van der Waals surface area contributed by atoms with E-state index in [9.17, 15) is 45.6 Å². The van der Waals surface area contributed by atoms with Crippen LogP contribution in [0.1, 0.15) is 6.92 Å². The predicted octanol–water partition coefficient (Wildman–Crippen LogP) is 0.203. The molecule has 1 fully saturated rings. The summed E-state index contributed by atoms with van der Waals surface area (Å²) in [5.74, 6) is -5.28. The Labute approximate surface area is 195 Å². The van der Waals surface area contributed by atoms with Crippen LogP contribution in [0.5, 0.6) is 40.2 Å². The van der Waals surface area contributed by atoms with Gasteiger partial charge in [-0.15, -0.1) is 0 Å². The average Bonchev–Trinajstić information content (AvgIpc) is 2.82. The number of fused-ring (bicyclic) bond motifs is 1. The molecule has 1 aromatic heterocycles. The molecule has 1 saturated heterocycles. The van der Waals surface area contributed by atoms with E-state index >= 15 is 0 Å². The van der Waals surface area contributed by atoms with Crippen molar-refractivity contribution < 1.29 is 59.5 Å². The molecule has 0 saturated carbocycles. The number of aliphatic hydroxyl groups excluding tert-OH is 3. The van der Waals surface area contributed by atoms with Gasteiger partial charge in [-0.1, -0.05) is 0 Å². The number of aromatic hydroxyl groups is 5. The molecule has 1 aliphatic heterocycles. The summed E-state index contributed by atoms with van der Waals surface area (Å²) < 4.78 is 21.5. The van der Waals surface area contributed by atoms with E-state index in [1.54, 1.807) is 0 Å². The van der Waals surface area contributed by atoms with Gasteiger partial charge >= 0.3 is 0 Å². The summed E-state index contributed by atoms with van der Waals surface area (Å²) in [6.45, 7) is 1.38. The molecule has 2 heterocycles. The number of phenolic OH excluding ortho intramolecular Hbond substituents is 5. The fourth-order valence-corrected chi connectivity index (χ4v) is 3.71. The van der Waals surface area contributed by atoms with Crippen LogP contribution in [0.3, 0.4) is 0 Å². The Kier molecular flexibility index (Phi) is 6.02. The third-order valence-electron chi connectivity index (χ3n) is 5.64. The highest BCUT2D eigenvalue weighted by Crippen LogP contribution is 2.45. The number of benzene rings is 2.